The van der Waals surface area contributed by atoms with Crippen LogP contribution in [-0.2, 0) is 4.74 Å². The Hall–Kier alpha value is -3.70. The van der Waals surface area contributed by atoms with E-state index in [2.05, 4.69) is 4.98 Å². The summed E-state index contributed by atoms with van der Waals surface area (Å²) in [4.78, 5) is 30.8. The number of hydrogen-bond donors (Lipinski definition) is 0. The van der Waals surface area contributed by atoms with Gasteiger partial charge in [0, 0.05) is 27.6 Å². The zero-order valence-corrected chi connectivity index (χ0v) is 17.4. The number of aromatic nitrogens is 2. The summed E-state index contributed by atoms with van der Waals surface area (Å²) in [6.45, 7) is 2.00. The molecule has 0 N–H and O–H groups in total. The first-order valence-corrected chi connectivity index (χ1v) is 10.3. The molecule has 152 valence electrons. The minimum absolute atomic E-state index is 0.220. The number of ether oxygens (including phenoxy) is 1. The molecule has 0 atom stereocenters. The van der Waals surface area contributed by atoms with Crippen LogP contribution in [0.15, 0.2) is 72.9 Å². The SMILES string of the molecule is CCOC(=O)c1cc(C(=O)c2ccc(Cl)cc2)n2c1ccc1ccc3cccnc3c12. The van der Waals surface area contributed by atoms with Crippen molar-refractivity contribution in [2.75, 3.05) is 6.61 Å². The van der Waals surface area contributed by atoms with E-state index in [0.29, 0.717) is 27.4 Å². The van der Waals surface area contributed by atoms with E-state index in [0.717, 1.165) is 21.8 Å². The molecule has 3 heterocycles. The monoisotopic (exact) mass is 428 g/mol. The fourth-order valence-corrected chi connectivity index (χ4v) is 4.03. The van der Waals surface area contributed by atoms with Crippen LogP contribution >= 0.6 is 11.6 Å². The van der Waals surface area contributed by atoms with Crippen LogP contribution in [0, 0.1) is 0 Å². The number of fused-ring (bicyclic) bond motifs is 5. The lowest BCUT2D eigenvalue weighted by atomic mass is 10.1. The number of ketones is 1. The largest absolute Gasteiger partial charge is 0.462 e. The summed E-state index contributed by atoms with van der Waals surface area (Å²) in [5, 5.41) is 2.40. The lowest BCUT2D eigenvalue weighted by Gasteiger charge is -2.10. The van der Waals surface area contributed by atoms with Crippen LogP contribution in [0.1, 0.15) is 33.3 Å². The Labute approximate surface area is 182 Å². The van der Waals surface area contributed by atoms with Crippen LogP contribution in [-0.4, -0.2) is 27.7 Å². The topological polar surface area (TPSA) is 60.7 Å². The van der Waals surface area contributed by atoms with Gasteiger partial charge >= 0.3 is 5.97 Å². The molecule has 5 aromatic rings. The second-order valence-corrected chi connectivity index (χ2v) is 7.57. The second-order valence-electron chi connectivity index (χ2n) is 7.13. The van der Waals surface area contributed by atoms with Crippen molar-refractivity contribution in [2.24, 2.45) is 0 Å². The minimum Gasteiger partial charge on any atom is -0.462 e. The van der Waals surface area contributed by atoms with Crippen molar-refractivity contribution in [2.45, 2.75) is 6.92 Å². The number of halogens is 1. The maximum absolute atomic E-state index is 13.5. The molecule has 6 heteroatoms. The molecule has 3 aromatic heterocycles. The molecule has 0 aliphatic rings. The number of nitrogens with zero attached hydrogens (tertiary/aromatic N) is 2. The van der Waals surface area contributed by atoms with Crippen LogP contribution in [0.3, 0.4) is 0 Å². The number of pyridine rings is 2. The highest BCUT2D eigenvalue weighted by molar-refractivity contribution is 6.30. The Bertz CT molecular complexity index is 1490. The van der Waals surface area contributed by atoms with Gasteiger partial charge in [-0.25, -0.2) is 4.79 Å². The third-order valence-corrected chi connectivity index (χ3v) is 5.55. The third-order valence-electron chi connectivity index (χ3n) is 5.30. The van der Waals surface area contributed by atoms with Gasteiger partial charge in [0.05, 0.1) is 34.4 Å². The summed E-state index contributed by atoms with van der Waals surface area (Å²) in [6, 6.07) is 19.9. The first kappa shape index (κ1) is 19.3. The van der Waals surface area contributed by atoms with Gasteiger partial charge in [-0.3, -0.25) is 9.78 Å². The van der Waals surface area contributed by atoms with Crippen molar-refractivity contribution < 1.29 is 14.3 Å². The number of hydrogen-bond acceptors (Lipinski definition) is 4. The first-order chi connectivity index (χ1) is 15.1. The van der Waals surface area contributed by atoms with E-state index in [4.69, 9.17) is 16.3 Å². The zero-order chi connectivity index (χ0) is 21.5. The minimum atomic E-state index is -0.470. The Kier molecular flexibility index (Phi) is 4.68. The summed E-state index contributed by atoms with van der Waals surface area (Å²) >= 11 is 6.00. The fraction of sp³-hybridized carbons (Fsp3) is 0.0800. The normalized spacial score (nSPS) is 11.3. The number of carbonyl (C=O) groups excluding carboxylic acids is 2. The molecule has 0 saturated carbocycles. The molecule has 0 aliphatic carbocycles. The summed E-state index contributed by atoms with van der Waals surface area (Å²) in [5.74, 6) is -0.689. The molecule has 0 bridgehead atoms. The Morgan fingerprint density at radius 2 is 1.74 bits per heavy atom. The van der Waals surface area contributed by atoms with Crippen LogP contribution in [0.25, 0.3) is 27.3 Å². The zero-order valence-electron chi connectivity index (χ0n) is 16.6. The van der Waals surface area contributed by atoms with E-state index in [9.17, 15) is 9.59 Å². The average molecular weight is 429 g/mol. The van der Waals surface area contributed by atoms with Gasteiger partial charge < -0.3 is 9.14 Å². The lowest BCUT2D eigenvalue weighted by molar-refractivity contribution is 0.0529. The summed E-state index contributed by atoms with van der Waals surface area (Å²) in [5.41, 5.74) is 3.30. The maximum atomic E-state index is 13.5. The molecule has 0 saturated heterocycles. The molecule has 0 aliphatic heterocycles. The van der Waals surface area contributed by atoms with Crippen molar-refractivity contribution in [3.8, 4) is 0 Å². The molecular formula is C25H17ClN2O3. The lowest BCUT2D eigenvalue weighted by Crippen LogP contribution is -2.06. The van der Waals surface area contributed by atoms with E-state index >= 15 is 0 Å². The molecule has 5 nitrogen and oxygen atoms in total. The Morgan fingerprint density at radius 1 is 1.00 bits per heavy atom. The van der Waals surface area contributed by atoms with Gasteiger partial charge in [0.2, 0.25) is 5.78 Å². The Balaban J connectivity index is 1.89. The van der Waals surface area contributed by atoms with Crippen LogP contribution in [0.4, 0.5) is 0 Å². The van der Waals surface area contributed by atoms with Gasteiger partial charge in [-0.1, -0.05) is 35.9 Å². The quantitative estimate of drug-likeness (QED) is 0.209. The van der Waals surface area contributed by atoms with Gasteiger partial charge in [0.1, 0.15) is 0 Å². The summed E-state index contributed by atoms with van der Waals surface area (Å²) in [7, 11) is 0. The molecule has 0 amide bonds. The Morgan fingerprint density at radius 3 is 2.52 bits per heavy atom. The van der Waals surface area contributed by atoms with Gasteiger partial charge in [0.25, 0.3) is 0 Å². The number of rotatable bonds is 4. The van der Waals surface area contributed by atoms with Crippen molar-refractivity contribution in [1.82, 2.24) is 9.38 Å². The van der Waals surface area contributed by atoms with Gasteiger partial charge in [-0.15, -0.1) is 0 Å². The highest BCUT2D eigenvalue weighted by atomic mass is 35.5. The average Bonchev–Trinajstić information content (AvgIpc) is 3.19. The van der Waals surface area contributed by atoms with Crippen molar-refractivity contribution in [1.29, 1.82) is 0 Å². The van der Waals surface area contributed by atoms with E-state index in [-0.39, 0.29) is 12.4 Å². The van der Waals surface area contributed by atoms with Crippen LogP contribution in [0.5, 0.6) is 0 Å². The van der Waals surface area contributed by atoms with Gasteiger partial charge in [0.15, 0.2) is 0 Å². The third kappa shape index (κ3) is 3.14. The number of esters is 1. The molecule has 0 unspecified atom stereocenters. The van der Waals surface area contributed by atoms with Crippen LogP contribution < -0.4 is 0 Å². The molecule has 5 rings (SSSR count). The van der Waals surface area contributed by atoms with Gasteiger partial charge in [-0.05, 0) is 49.4 Å². The fourth-order valence-electron chi connectivity index (χ4n) is 3.90. The molecule has 0 spiro atoms. The molecule has 0 fully saturated rings. The summed E-state index contributed by atoms with van der Waals surface area (Å²) in [6.07, 6.45) is 1.72. The van der Waals surface area contributed by atoms with Gasteiger partial charge in [-0.2, -0.15) is 0 Å². The van der Waals surface area contributed by atoms with Crippen molar-refractivity contribution in [3.63, 3.8) is 0 Å². The van der Waals surface area contributed by atoms with E-state index in [1.165, 1.54) is 0 Å². The molecular weight excluding hydrogens is 412 g/mol. The molecule has 2 aromatic carbocycles. The maximum Gasteiger partial charge on any atom is 0.340 e. The molecule has 0 radical (unpaired) electrons. The molecule has 31 heavy (non-hydrogen) atoms. The van der Waals surface area contributed by atoms with Crippen molar-refractivity contribution in [3.05, 3.63) is 94.8 Å². The van der Waals surface area contributed by atoms with Crippen molar-refractivity contribution >= 4 is 50.7 Å². The van der Waals surface area contributed by atoms with E-state index < -0.39 is 5.97 Å². The highest BCUT2D eigenvalue weighted by Gasteiger charge is 2.23. The number of carbonyl (C=O) groups is 2. The predicted octanol–water partition coefficient (Wildman–Crippen LogP) is 5.70. The van der Waals surface area contributed by atoms with E-state index in [1.807, 2.05) is 40.8 Å². The van der Waals surface area contributed by atoms with Crippen LogP contribution in [0.2, 0.25) is 5.02 Å². The standard InChI is InChI=1S/C25H17ClN2O3/c1-2-31-25(30)19-14-21(24(29)17-7-10-18(26)11-8-17)28-20(19)12-9-16-6-5-15-4-3-13-27-22(15)23(16)28/h3-14H,2H2,1H3. The summed E-state index contributed by atoms with van der Waals surface area (Å²) < 4.78 is 7.07. The smallest absolute Gasteiger partial charge is 0.340 e. The van der Waals surface area contributed by atoms with E-state index in [1.54, 1.807) is 43.5 Å². The predicted molar refractivity (Wildman–Crippen MR) is 121 cm³/mol. The number of benzene rings is 2. The highest BCUT2D eigenvalue weighted by Crippen LogP contribution is 2.30. The first-order valence-electron chi connectivity index (χ1n) is 9.88. The second kappa shape index (κ2) is 7.52.